The van der Waals surface area contributed by atoms with E-state index in [0.29, 0.717) is 19.8 Å². The average Bonchev–Trinajstić information content (AvgIpc) is 2.85. The van der Waals surface area contributed by atoms with Crippen LogP contribution < -0.4 is 4.89 Å². The molecule has 36 heavy (non-hydrogen) atoms. The van der Waals surface area contributed by atoms with Crippen LogP contribution in [0.2, 0.25) is 0 Å². The number of phosphoric ester groups is 1. The number of phosphoric acid groups is 1. The molecule has 0 aromatic heterocycles. The molecule has 0 saturated carbocycles. The Balaban J connectivity index is 1.77. The Morgan fingerprint density at radius 3 is 1.61 bits per heavy atom. The zero-order valence-corrected chi connectivity index (χ0v) is 24.6. The van der Waals surface area contributed by atoms with Gasteiger partial charge in [0.1, 0.15) is 13.2 Å². The highest BCUT2D eigenvalue weighted by atomic mass is 31.2. The molecule has 1 heterocycles. The Labute approximate surface area is 222 Å². The summed E-state index contributed by atoms with van der Waals surface area (Å²) in [5.74, 6) is 0. The zero-order valence-electron chi connectivity index (χ0n) is 23.7. The van der Waals surface area contributed by atoms with E-state index >= 15 is 0 Å². The van der Waals surface area contributed by atoms with Gasteiger partial charge in [-0.25, -0.2) is 0 Å². The largest absolute Gasteiger partial charge is 0.756 e. The van der Waals surface area contributed by atoms with Crippen molar-refractivity contribution in [3.05, 3.63) is 0 Å². The van der Waals surface area contributed by atoms with Gasteiger partial charge in [-0.1, -0.05) is 90.4 Å². The van der Waals surface area contributed by atoms with E-state index in [1.165, 1.54) is 103 Å². The first-order chi connectivity index (χ1) is 17.5. The molecule has 0 amide bonds. The highest BCUT2D eigenvalue weighted by molar-refractivity contribution is 7.45. The normalized spacial score (nSPS) is 17.3. The van der Waals surface area contributed by atoms with Gasteiger partial charge in [0, 0.05) is 6.61 Å². The minimum absolute atomic E-state index is 0.0220. The van der Waals surface area contributed by atoms with E-state index in [9.17, 15) is 9.46 Å². The van der Waals surface area contributed by atoms with Crippen LogP contribution in [0, 0.1) is 0 Å². The maximum atomic E-state index is 11.9. The predicted octanol–water partition coefficient (Wildman–Crippen LogP) is 6.63. The van der Waals surface area contributed by atoms with E-state index < -0.39 is 7.82 Å². The number of nitrogens with zero attached hydrogens (tertiary/aromatic N) is 1. The lowest BCUT2D eigenvalue weighted by molar-refractivity contribution is -0.914. The van der Waals surface area contributed by atoms with Crippen LogP contribution in [-0.4, -0.2) is 70.8 Å². The van der Waals surface area contributed by atoms with Crippen molar-refractivity contribution < 1.29 is 32.5 Å². The molecule has 1 atom stereocenters. The average molecular weight is 536 g/mol. The van der Waals surface area contributed by atoms with Gasteiger partial charge in [-0.15, -0.1) is 0 Å². The summed E-state index contributed by atoms with van der Waals surface area (Å²) in [6.45, 7) is 7.24. The maximum absolute atomic E-state index is 11.9. The summed E-state index contributed by atoms with van der Waals surface area (Å²) in [5.41, 5.74) is 0. The SMILES string of the molecule is CCCCCCCCCCCCCCCCOCCOCCOP(=O)([O-])OCC[N+]1(C)CCCCC1. The van der Waals surface area contributed by atoms with Crippen LogP contribution in [0.15, 0.2) is 0 Å². The fraction of sp³-hybridized carbons (Fsp3) is 1.00. The lowest BCUT2D eigenvalue weighted by Crippen LogP contribution is -2.49. The van der Waals surface area contributed by atoms with Crippen molar-refractivity contribution in [1.29, 1.82) is 0 Å². The lowest BCUT2D eigenvalue weighted by atomic mass is 10.0. The number of likely N-dealkylation sites (tertiary alicyclic amines) is 1. The number of hydrogen-bond acceptors (Lipinski definition) is 6. The standard InChI is InChI=1S/C28H58NO6P/c1-3-4-5-6-7-8-9-10-11-12-13-14-15-19-23-32-25-26-33-27-28-35-36(30,31)34-24-22-29(2)20-17-16-18-21-29/h3-28H2,1-2H3. The molecule has 1 aliphatic rings. The molecule has 0 radical (unpaired) electrons. The maximum Gasteiger partial charge on any atom is 0.268 e. The van der Waals surface area contributed by atoms with Gasteiger partial charge >= 0.3 is 0 Å². The number of rotatable bonds is 26. The van der Waals surface area contributed by atoms with Crippen LogP contribution in [0.4, 0.5) is 0 Å². The molecule has 7 nitrogen and oxygen atoms in total. The van der Waals surface area contributed by atoms with E-state index in [4.69, 9.17) is 18.5 Å². The van der Waals surface area contributed by atoms with E-state index in [2.05, 4.69) is 14.0 Å². The molecule has 1 aliphatic heterocycles. The summed E-state index contributed by atoms with van der Waals surface area (Å²) in [5, 5.41) is 0. The van der Waals surface area contributed by atoms with Crippen molar-refractivity contribution in [1.82, 2.24) is 0 Å². The Morgan fingerprint density at radius 2 is 1.06 bits per heavy atom. The van der Waals surface area contributed by atoms with Gasteiger partial charge < -0.3 is 27.9 Å². The second-order valence-electron chi connectivity index (χ2n) is 10.8. The van der Waals surface area contributed by atoms with Crippen molar-refractivity contribution in [3.63, 3.8) is 0 Å². The van der Waals surface area contributed by atoms with E-state index in [1.807, 2.05) is 0 Å². The number of quaternary nitrogens is 1. The Morgan fingerprint density at radius 1 is 0.611 bits per heavy atom. The van der Waals surface area contributed by atoms with Crippen molar-refractivity contribution in [2.24, 2.45) is 0 Å². The molecule has 1 fully saturated rings. The smallest absolute Gasteiger partial charge is 0.268 e. The second-order valence-corrected chi connectivity index (χ2v) is 12.2. The summed E-state index contributed by atoms with van der Waals surface area (Å²) < 4.78 is 33.7. The van der Waals surface area contributed by atoms with Gasteiger partial charge in [0.25, 0.3) is 7.82 Å². The first kappa shape index (κ1) is 34.0. The minimum Gasteiger partial charge on any atom is -0.756 e. The molecular formula is C28H58NO6P. The molecule has 1 rings (SSSR count). The van der Waals surface area contributed by atoms with Crippen molar-refractivity contribution >= 4 is 7.82 Å². The van der Waals surface area contributed by atoms with Crippen LogP contribution in [0.5, 0.6) is 0 Å². The first-order valence-corrected chi connectivity index (χ1v) is 16.5. The third kappa shape index (κ3) is 21.0. The lowest BCUT2D eigenvalue weighted by Gasteiger charge is -2.38. The Hall–Kier alpha value is -0.0100. The third-order valence-electron chi connectivity index (χ3n) is 7.27. The number of unbranched alkanes of at least 4 members (excludes halogenated alkanes) is 13. The molecule has 1 unspecified atom stereocenters. The second kappa shape index (κ2) is 22.9. The highest BCUT2D eigenvalue weighted by Crippen LogP contribution is 2.38. The topological polar surface area (TPSA) is 77.1 Å². The quantitative estimate of drug-likeness (QED) is 0.0703. The number of likely N-dealkylation sites (N-methyl/N-ethyl adjacent to an activating group) is 1. The van der Waals surface area contributed by atoms with E-state index in [-0.39, 0.29) is 19.8 Å². The summed E-state index contributed by atoms with van der Waals surface area (Å²) in [6, 6.07) is 0. The monoisotopic (exact) mass is 535 g/mol. The van der Waals surface area contributed by atoms with Crippen LogP contribution in [0.25, 0.3) is 0 Å². The Bertz CT molecular complexity index is 530. The van der Waals surface area contributed by atoms with Gasteiger partial charge in [-0.05, 0) is 25.7 Å². The zero-order chi connectivity index (χ0) is 26.2. The molecular weight excluding hydrogens is 477 g/mol. The van der Waals surface area contributed by atoms with Gasteiger partial charge in [0.15, 0.2) is 0 Å². The van der Waals surface area contributed by atoms with Crippen molar-refractivity contribution in [2.75, 3.05) is 66.3 Å². The van der Waals surface area contributed by atoms with Crippen molar-refractivity contribution in [3.8, 4) is 0 Å². The number of hydrogen-bond donors (Lipinski definition) is 0. The summed E-state index contributed by atoms with van der Waals surface area (Å²) in [4.78, 5) is 11.9. The molecule has 216 valence electrons. The summed E-state index contributed by atoms with van der Waals surface area (Å²) in [7, 11) is -2.10. The summed E-state index contributed by atoms with van der Waals surface area (Å²) in [6.07, 6.45) is 22.6. The highest BCUT2D eigenvalue weighted by Gasteiger charge is 2.25. The van der Waals surface area contributed by atoms with Crippen LogP contribution >= 0.6 is 7.82 Å². The number of piperidine rings is 1. The van der Waals surface area contributed by atoms with E-state index in [0.717, 1.165) is 30.6 Å². The third-order valence-corrected chi connectivity index (χ3v) is 8.27. The molecule has 8 heteroatoms. The molecule has 0 N–H and O–H groups in total. The minimum atomic E-state index is -4.26. The van der Waals surface area contributed by atoms with Crippen LogP contribution in [0.1, 0.15) is 116 Å². The molecule has 0 aliphatic carbocycles. The number of ether oxygens (including phenoxy) is 2. The van der Waals surface area contributed by atoms with E-state index in [1.54, 1.807) is 0 Å². The Kier molecular flexibility index (Phi) is 21.7. The predicted molar refractivity (Wildman–Crippen MR) is 146 cm³/mol. The molecule has 0 aromatic rings. The molecule has 0 spiro atoms. The molecule has 0 aromatic carbocycles. The fourth-order valence-corrected chi connectivity index (χ4v) is 5.52. The molecule has 0 bridgehead atoms. The van der Waals surface area contributed by atoms with Gasteiger partial charge in [-0.2, -0.15) is 0 Å². The fourth-order valence-electron chi connectivity index (χ4n) is 4.84. The van der Waals surface area contributed by atoms with Crippen LogP contribution in [-0.2, 0) is 23.1 Å². The first-order valence-electron chi connectivity index (χ1n) is 15.1. The van der Waals surface area contributed by atoms with Gasteiger partial charge in [0.05, 0.1) is 46.6 Å². The molecule has 1 saturated heterocycles. The van der Waals surface area contributed by atoms with Crippen LogP contribution in [0.3, 0.4) is 0 Å². The van der Waals surface area contributed by atoms with Gasteiger partial charge in [0.2, 0.25) is 0 Å². The van der Waals surface area contributed by atoms with Crippen molar-refractivity contribution in [2.45, 2.75) is 116 Å². The van der Waals surface area contributed by atoms with Gasteiger partial charge in [-0.3, -0.25) is 4.57 Å². The summed E-state index contributed by atoms with van der Waals surface area (Å²) >= 11 is 0.